The van der Waals surface area contributed by atoms with E-state index < -0.39 is 0 Å². The van der Waals surface area contributed by atoms with Gasteiger partial charge in [-0.3, -0.25) is 0 Å². The van der Waals surface area contributed by atoms with Gasteiger partial charge in [-0.05, 0) is 41.0 Å². The lowest BCUT2D eigenvalue weighted by Gasteiger charge is -2.13. The van der Waals surface area contributed by atoms with Crippen molar-refractivity contribution in [1.82, 2.24) is 0 Å². The van der Waals surface area contributed by atoms with Crippen LogP contribution in [-0.4, -0.2) is 17.8 Å². The van der Waals surface area contributed by atoms with Crippen molar-refractivity contribution in [2.45, 2.75) is 18.9 Å². The first-order valence-corrected chi connectivity index (χ1v) is 9.06. The number of hydrogen-bond acceptors (Lipinski definition) is 2. The summed E-state index contributed by atoms with van der Waals surface area (Å²) in [5.74, 6) is 0.323. The van der Waals surface area contributed by atoms with E-state index in [1.54, 1.807) is 6.07 Å². The average molecular weight is 342 g/mol. The Morgan fingerprint density at radius 3 is 2.50 bits per heavy atom. The smallest absolute Gasteiger partial charge is 0.123 e. The summed E-state index contributed by atoms with van der Waals surface area (Å²) in [6.07, 6.45) is 8.60. The molecule has 0 radical (unpaired) electrons. The summed E-state index contributed by atoms with van der Waals surface area (Å²) in [6, 6.07) is 22.3. The van der Waals surface area contributed by atoms with Crippen LogP contribution in [0.2, 0.25) is 0 Å². The molecule has 0 saturated heterocycles. The van der Waals surface area contributed by atoms with E-state index in [0.29, 0.717) is 5.75 Å². The predicted octanol–water partition coefficient (Wildman–Crippen LogP) is 5.82. The highest BCUT2D eigenvalue weighted by Crippen LogP contribution is 2.32. The van der Waals surface area contributed by atoms with E-state index in [1.807, 2.05) is 30.3 Å². The van der Waals surface area contributed by atoms with Crippen molar-refractivity contribution in [2.75, 3.05) is 6.61 Å². The van der Waals surface area contributed by atoms with Crippen molar-refractivity contribution >= 4 is 22.4 Å². The first-order valence-electron chi connectivity index (χ1n) is 9.06. The molecule has 0 amide bonds. The molecule has 3 aromatic rings. The monoisotopic (exact) mass is 342 g/mol. The largest absolute Gasteiger partial charge is 0.507 e. The van der Waals surface area contributed by atoms with E-state index >= 15 is 0 Å². The molecule has 0 aliphatic carbocycles. The number of rotatable bonds is 5. The SMILES string of the molecule is Oc1ccc(/C=C(/CC[C@@H]2C=CCO2)c2ccccc2)c2ccccc12. The molecule has 0 saturated carbocycles. The minimum Gasteiger partial charge on any atom is -0.507 e. The van der Waals surface area contributed by atoms with E-state index in [-0.39, 0.29) is 6.10 Å². The molecule has 4 rings (SSSR count). The quantitative estimate of drug-likeness (QED) is 0.467. The highest BCUT2D eigenvalue weighted by molar-refractivity contribution is 5.98. The third-order valence-corrected chi connectivity index (χ3v) is 4.86. The molecular formula is C24H22O2. The van der Waals surface area contributed by atoms with Gasteiger partial charge in [-0.15, -0.1) is 0 Å². The van der Waals surface area contributed by atoms with E-state index in [1.165, 1.54) is 11.1 Å². The molecule has 2 heteroatoms. The number of aromatic hydroxyl groups is 1. The van der Waals surface area contributed by atoms with Gasteiger partial charge < -0.3 is 9.84 Å². The minimum absolute atomic E-state index is 0.207. The lowest BCUT2D eigenvalue weighted by atomic mass is 9.95. The molecular weight excluding hydrogens is 320 g/mol. The van der Waals surface area contributed by atoms with Crippen LogP contribution in [0, 0.1) is 0 Å². The van der Waals surface area contributed by atoms with Gasteiger partial charge in [0.15, 0.2) is 0 Å². The molecule has 1 atom stereocenters. The first kappa shape index (κ1) is 16.6. The third-order valence-electron chi connectivity index (χ3n) is 4.86. The topological polar surface area (TPSA) is 29.5 Å². The second-order valence-corrected chi connectivity index (χ2v) is 6.59. The van der Waals surface area contributed by atoms with Crippen LogP contribution in [0.3, 0.4) is 0 Å². The molecule has 1 N–H and O–H groups in total. The zero-order chi connectivity index (χ0) is 17.8. The van der Waals surface area contributed by atoms with Crippen LogP contribution >= 0.6 is 0 Å². The van der Waals surface area contributed by atoms with Crippen LogP contribution in [0.4, 0.5) is 0 Å². The Morgan fingerprint density at radius 2 is 1.73 bits per heavy atom. The Bertz CT molecular complexity index is 954. The van der Waals surface area contributed by atoms with Crippen molar-refractivity contribution in [3.63, 3.8) is 0 Å². The predicted molar refractivity (Wildman–Crippen MR) is 108 cm³/mol. The average Bonchev–Trinajstić information content (AvgIpc) is 3.21. The maximum Gasteiger partial charge on any atom is 0.123 e. The molecule has 0 bridgehead atoms. The van der Waals surface area contributed by atoms with Gasteiger partial charge in [0.05, 0.1) is 12.7 Å². The van der Waals surface area contributed by atoms with Crippen molar-refractivity contribution < 1.29 is 9.84 Å². The van der Waals surface area contributed by atoms with Crippen LogP contribution < -0.4 is 0 Å². The molecule has 0 unspecified atom stereocenters. The highest BCUT2D eigenvalue weighted by atomic mass is 16.5. The number of fused-ring (bicyclic) bond motifs is 1. The van der Waals surface area contributed by atoms with Gasteiger partial charge >= 0.3 is 0 Å². The molecule has 1 aliphatic heterocycles. The minimum atomic E-state index is 0.207. The molecule has 0 spiro atoms. The fraction of sp³-hybridized carbons (Fsp3) is 0.167. The molecule has 0 aromatic heterocycles. The second kappa shape index (κ2) is 7.59. The Morgan fingerprint density at radius 1 is 0.962 bits per heavy atom. The molecule has 130 valence electrons. The zero-order valence-corrected chi connectivity index (χ0v) is 14.6. The molecule has 1 aliphatic rings. The van der Waals surface area contributed by atoms with E-state index in [9.17, 15) is 5.11 Å². The molecule has 26 heavy (non-hydrogen) atoms. The van der Waals surface area contributed by atoms with E-state index in [0.717, 1.165) is 35.8 Å². The summed E-state index contributed by atoms with van der Waals surface area (Å²) in [6.45, 7) is 0.720. The Balaban J connectivity index is 1.73. The van der Waals surface area contributed by atoms with Crippen molar-refractivity contribution in [1.29, 1.82) is 0 Å². The summed E-state index contributed by atoms with van der Waals surface area (Å²) in [4.78, 5) is 0. The lowest BCUT2D eigenvalue weighted by molar-refractivity contribution is 0.123. The van der Waals surface area contributed by atoms with Crippen molar-refractivity contribution in [3.05, 3.63) is 90.0 Å². The van der Waals surface area contributed by atoms with Crippen molar-refractivity contribution in [3.8, 4) is 5.75 Å². The number of phenolic OH excluding ortho intramolecular Hbond substituents is 1. The number of phenols is 1. The highest BCUT2D eigenvalue weighted by Gasteiger charge is 2.12. The molecule has 1 heterocycles. The second-order valence-electron chi connectivity index (χ2n) is 6.59. The summed E-state index contributed by atoms with van der Waals surface area (Å²) in [5, 5.41) is 12.1. The normalized spacial score (nSPS) is 17.1. The van der Waals surface area contributed by atoms with E-state index in [2.05, 4.69) is 48.6 Å². The van der Waals surface area contributed by atoms with Gasteiger partial charge in [0.2, 0.25) is 0 Å². The standard InChI is InChI=1S/C24H22O2/c25-24-15-13-20(22-10-4-5-11-23(22)24)17-19(18-7-2-1-3-8-18)12-14-21-9-6-16-26-21/h1-11,13,15,17,21,25H,12,14,16H2/b19-17-/t21-/m0/s1. The number of benzene rings is 3. The van der Waals surface area contributed by atoms with Crippen LogP contribution in [0.1, 0.15) is 24.0 Å². The van der Waals surface area contributed by atoms with Crippen molar-refractivity contribution in [2.24, 2.45) is 0 Å². The molecule has 3 aromatic carbocycles. The fourth-order valence-electron chi connectivity index (χ4n) is 3.49. The summed E-state index contributed by atoms with van der Waals surface area (Å²) < 4.78 is 5.70. The van der Waals surface area contributed by atoms with Gasteiger partial charge in [0.1, 0.15) is 5.75 Å². The van der Waals surface area contributed by atoms with Gasteiger partial charge in [-0.25, -0.2) is 0 Å². The maximum absolute atomic E-state index is 10.1. The van der Waals surface area contributed by atoms with E-state index in [4.69, 9.17) is 4.74 Å². The molecule has 2 nitrogen and oxygen atoms in total. The Hall–Kier alpha value is -2.84. The summed E-state index contributed by atoms with van der Waals surface area (Å²) >= 11 is 0. The lowest BCUT2D eigenvalue weighted by Crippen LogP contribution is -2.04. The maximum atomic E-state index is 10.1. The zero-order valence-electron chi connectivity index (χ0n) is 14.6. The Labute approximate surface area is 154 Å². The molecule has 0 fully saturated rings. The number of hydrogen-bond donors (Lipinski definition) is 1. The third kappa shape index (κ3) is 3.56. The van der Waals surface area contributed by atoms with Gasteiger partial charge in [0.25, 0.3) is 0 Å². The van der Waals surface area contributed by atoms with Crippen LogP contribution in [0.15, 0.2) is 78.9 Å². The van der Waals surface area contributed by atoms with Crippen LogP contribution in [-0.2, 0) is 4.74 Å². The van der Waals surface area contributed by atoms with Gasteiger partial charge in [-0.1, -0.05) is 78.9 Å². The summed E-state index contributed by atoms with van der Waals surface area (Å²) in [5.41, 5.74) is 3.64. The van der Waals surface area contributed by atoms with Gasteiger partial charge in [-0.2, -0.15) is 0 Å². The van der Waals surface area contributed by atoms with Crippen LogP contribution in [0.25, 0.3) is 22.4 Å². The van der Waals surface area contributed by atoms with Crippen LogP contribution in [0.5, 0.6) is 5.75 Å². The number of ether oxygens (including phenoxy) is 1. The Kier molecular flexibility index (Phi) is 4.85. The fourth-order valence-corrected chi connectivity index (χ4v) is 3.49. The van der Waals surface area contributed by atoms with Gasteiger partial charge in [0, 0.05) is 5.39 Å². The summed E-state index contributed by atoms with van der Waals surface area (Å²) in [7, 11) is 0. The number of allylic oxidation sites excluding steroid dienone is 1. The first-order chi connectivity index (χ1) is 12.8.